The Kier molecular flexibility index (Phi) is 5.74. The van der Waals surface area contributed by atoms with Crippen LogP contribution in [-0.2, 0) is 11.2 Å². The Hall–Kier alpha value is -4.52. The molecule has 0 bridgehead atoms. The number of rotatable bonds is 6. The summed E-state index contributed by atoms with van der Waals surface area (Å²) >= 11 is 0. The van der Waals surface area contributed by atoms with Crippen LogP contribution < -0.4 is 11.1 Å². The third kappa shape index (κ3) is 4.49. The number of nitrogen functional groups attached to an aromatic ring is 1. The Labute approximate surface area is 195 Å². The lowest BCUT2D eigenvalue weighted by Crippen LogP contribution is -2.13. The highest BCUT2D eigenvalue weighted by molar-refractivity contribution is 5.95. The van der Waals surface area contributed by atoms with E-state index >= 15 is 0 Å². The van der Waals surface area contributed by atoms with Crippen molar-refractivity contribution in [1.82, 2.24) is 15.0 Å². The number of anilines is 2. The number of fused-ring (bicyclic) bond motifs is 1. The van der Waals surface area contributed by atoms with Crippen molar-refractivity contribution in [2.45, 2.75) is 12.8 Å². The van der Waals surface area contributed by atoms with E-state index in [0.717, 1.165) is 33.3 Å². The third-order valence-electron chi connectivity index (χ3n) is 5.67. The largest absolute Gasteiger partial charge is 0.397 e. The number of amides is 1. The molecular formula is C27H22FN5O. The van der Waals surface area contributed by atoms with Crippen LogP contribution in [-0.4, -0.2) is 20.9 Å². The molecule has 0 radical (unpaired) electrons. The van der Waals surface area contributed by atoms with Crippen molar-refractivity contribution in [1.29, 1.82) is 0 Å². The van der Waals surface area contributed by atoms with E-state index in [1.165, 1.54) is 12.1 Å². The van der Waals surface area contributed by atoms with E-state index < -0.39 is 0 Å². The third-order valence-corrected chi connectivity index (χ3v) is 5.67. The first-order chi connectivity index (χ1) is 16.6. The highest BCUT2D eigenvalue weighted by Crippen LogP contribution is 2.28. The zero-order valence-corrected chi connectivity index (χ0v) is 18.3. The van der Waals surface area contributed by atoms with Gasteiger partial charge in [0.15, 0.2) is 0 Å². The molecule has 0 saturated carbocycles. The van der Waals surface area contributed by atoms with Gasteiger partial charge in [0.1, 0.15) is 5.82 Å². The Bertz CT molecular complexity index is 1470. The fourth-order valence-electron chi connectivity index (χ4n) is 3.88. The van der Waals surface area contributed by atoms with Gasteiger partial charge in [0, 0.05) is 18.2 Å². The molecule has 0 fully saturated rings. The van der Waals surface area contributed by atoms with E-state index in [1.54, 1.807) is 28.9 Å². The monoisotopic (exact) mass is 451 g/mol. The van der Waals surface area contributed by atoms with E-state index in [9.17, 15) is 9.18 Å². The summed E-state index contributed by atoms with van der Waals surface area (Å²) in [5.74, 6) is -0.479. The number of nitrogens with two attached hydrogens (primary N) is 1. The molecule has 7 heteroatoms. The van der Waals surface area contributed by atoms with E-state index in [0.29, 0.717) is 17.8 Å². The van der Waals surface area contributed by atoms with Crippen molar-refractivity contribution in [2.24, 2.45) is 0 Å². The molecule has 0 unspecified atom stereocenters. The lowest BCUT2D eigenvalue weighted by atomic mass is 10.0. The van der Waals surface area contributed by atoms with Crippen LogP contribution in [0.15, 0.2) is 91.1 Å². The second-order valence-electron chi connectivity index (χ2n) is 8.01. The van der Waals surface area contributed by atoms with Crippen LogP contribution in [0.3, 0.4) is 0 Å². The van der Waals surface area contributed by atoms with Gasteiger partial charge >= 0.3 is 0 Å². The Balaban J connectivity index is 1.26. The first-order valence-electron chi connectivity index (χ1n) is 10.9. The van der Waals surface area contributed by atoms with Gasteiger partial charge in [-0.2, -0.15) is 0 Å². The molecule has 0 aliphatic heterocycles. The normalized spacial score (nSPS) is 11.0. The zero-order chi connectivity index (χ0) is 23.5. The predicted molar refractivity (Wildman–Crippen MR) is 132 cm³/mol. The van der Waals surface area contributed by atoms with Gasteiger partial charge in [-0.3, -0.25) is 4.79 Å². The maximum Gasteiger partial charge on any atom is 0.224 e. The molecule has 34 heavy (non-hydrogen) atoms. The first-order valence-corrected chi connectivity index (χ1v) is 10.9. The van der Waals surface area contributed by atoms with E-state index in [4.69, 9.17) is 5.73 Å². The van der Waals surface area contributed by atoms with E-state index in [2.05, 4.69) is 27.8 Å². The predicted octanol–water partition coefficient (Wildman–Crippen LogP) is 5.38. The summed E-state index contributed by atoms with van der Waals surface area (Å²) < 4.78 is 15.0. The second kappa shape index (κ2) is 9.15. The first kappa shape index (κ1) is 21.3. The van der Waals surface area contributed by atoms with Crippen molar-refractivity contribution >= 4 is 28.1 Å². The molecular weight excluding hydrogens is 429 g/mol. The molecule has 0 saturated heterocycles. The molecule has 1 aromatic heterocycles. The van der Waals surface area contributed by atoms with Gasteiger partial charge in [-0.25, -0.2) is 9.07 Å². The standard InChI is InChI=1S/C27H22FN5O/c28-21-11-8-18(9-12-21)20-10-14-24(29)25(16-20)30-27(34)15-13-22-17-33(32-31-22)26-7-3-5-19-4-1-2-6-23(19)26/h1-12,14,16-17H,13,15,29H2,(H,30,34). The number of hydrogen-bond acceptors (Lipinski definition) is 4. The maximum atomic E-state index is 13.2. The molecule has 0 spiro atoms. The fraction of sp³-hybridized carbons (Fsp3) is 0.0741. The van der Waals surface area contributed by atoms with Gasteiger partial charge in [-0.15, -0.1) is 5.10 Å². The molecule has 1 amide bonds. The van der Waals surface area contributed by atoms with Crippen molar-refractivity contribution < 1.29 is 9.18 Å². The minimum Gasteiger partial charge on any atom is -0.397 e. The van der Waals surface area contributed by atoms with E-state index in [1.807, 2.05) is 42.6 Å². The van der Waals surface area contributed by atoms with Crippen LogP contribution in [0, 0.1) is 5.82 Å². The molecule has 6 nitrogen and oxygen atoms in total. The fourth-order valence-corrected chi connectivity index (χ4v) is 3.88. The minimum absolute atomic E-state index is 0.178. The van der Waals surface area contributed by atoms with Gasteiger partial charge in [-0.1, -0.05) is 59.8 Å². The molecule has 3 N–H and O–H groups in total. The van der Waals surface area contributed by atoms with Crippen LogP contribution in [0.4, 0.5) is 15.8 Å². The van der Waals surface area contributed by atoms with Gasteiger partial charge in [0.2, 0.25) is 5.91 Å². The molecule has 0 atom stereocenters. The average molecular weight is 452 g/mol. The van der Waals surface area contributed by atoms with Crippen molar-refractivity contribution in [3.63, 3.8) is 0 Å². The second-order valence-corrected chi connectivity index (χ2v) is 8.01. The van der Waals surface area contributed by atoms with Crippen molar-refractivity contribution in [3.8, 4) is 16.8 Å². The van der Waals surface area contributed by atoms with Gasteiger partial charge < -0.3 is 11.1 Å². The molecule has 5 rings (SSSR count). The van der Waals surface area contributed by atoms with Crippen LogP contribution in [0.25, 0.3) is 27.6 Å². The number of carbonyl (C=O) groups excluding carboxylic acids is 1. The molecule has 4 aromatic carbocycles. The van der Waals surface area contributed by atoms with Crippen LogP contribution in [0.5, 0.6) is 0 Å². The highest BCUT2D eigenvalue weighted by Gasteiger charge is 2.11. The van der Waals surface area contributed by atoms with Crippen LogP contribution in [0.2, 0.25) is 0 Å². The summed E-state index contributed by atoms with van der Waals surface area (Å²) in [4.78, 5) is 12.6. The summed E-state index contributed by atoms with van der Waals surface area (Å²) in [7, 11) is 0. The maximum absolute atomic E-state index is 13.2. The van der Waals surface area contributed by atoms with Crippen molar-refractivity contribution in [2.75, 3.05) is 11.1 Å². The number of halogens is 1. The highest BCUT2D eigenvalue weighted by atomic mass is 19.1. The number of nitrogens with one attached hydrogen (secondary N) is 1. The number of aryl methyl sites for hydroxylation is 1. The number of nitrogens with zero attached hydrogens (tertiary/aromatic N) is 3. The lowest BCUT2D eigenvalue weighted by molar-refractivity contribution is -0.116. The summed E-state index contributed by atoms with van der Waals surface area (Å²) in [6.07, 6.45) is 2.52. The summed E-state index contributed by atoms with van der Waals surface area (Å²) in [6.45, 7) is 0. The number of aromatic nitrogens is 3. The zero-order valence-electron chi connectivity index (χ0n) is 18.3. The summed E-state index contributed by atoms with van der Waals surface area (Å²) in [5.41, 5.74) is 10.4. The quantitative estimate of drug-likeness (QED) is 0.340. The molecule has 0 aliphatic rings. The Morgan fingerprint density at radius 2 is 1.71 bits per heavy atom. The molecule has 5 aromatic rings. The lowest BCUT2D eigenvalue weighted by Gasteiger charge is -2.10. The van der Waals surface area contributed by atoms with Crippen LogP contribution in [0.1, 0.15) is 12.1 Å². The Morgan fingerprint density at radius 3 is 2.56 bits per heavy atom. The van der Waals surface area contributed by atoms with Crippen molar-refractivity contribution in [3.05, 3.63) is 103 Å². The topological polar surface area (TPSA) is 85.8 Å². The average Bonchev–Trinajstić information content (AvgIpc) is 3.33. The van der Waals surface area contributed by atoms with Gasteiger partial charge in [0.25, 0.3) is 0 Å². The molecule has 168 valence electrons. The minimum atomic E-state index is -0.301. The number of benzene rings is 4. The molecule has 0 aliphatic carbocycles. The Morgan fingerprint density at radius 1 is 0.941 bits per heavy atom. The number of hydrogen-bond donors (Lipinski definition) is 2. The van der Waals surface area contributed by atoms with Gasteiger partial charge in [-0.05, 0) is 46.8 Å². The smallest absolute Gasteiger partial charge is 0.224 e. The molecule has 1 heterocycles. The van der Waals surface area contributed by atoms with Crippen LogP contribution >= 0.6 is 0 Å². The summed E-state index contributed by atoms with van der Waals surface area (Å²) in [5, 5.41) is 13.6. The van der Waals surface area contributed by atoms with E-state index in [-0.39, 0.29) is 18.1 Å². The summed E-state index contributed by atoms with van der Waals surface area (Å²) in [6, 6.07) is 25.6. The SMILES string of the molecule is Nc1ccc(-c2ccc(F)cc2)cc1NC(=O)CCc1cn(-c2cccc3ccccc23)nn1. The number of carbonyl (C=O) groups is 1. The van der Waals surface area contributed by atoms with Gasteiger partial charge in [0.05, 0.1) is 29.0 Å².